The Bertz CT molecular complexity index is 761. The number of carbonyl (C=O) groups excluding carboxylic acids is 1. The van der Waals surface area contributed by atoms with Crippen molar-refractivity contribution in [2.75, 3.05) is 20.2 Å². The third-order valence-corrected chi connectivity index (χ3v) is 4.72. The number of aryl methyl sites for hydroxylation is 1. The number of amides is 1. The van der Waals surface area contributed by atoms with Crippen molar-refractivity contribution in [3.8, 4) is 5.75 Å². The standard InChI is InChI=1S/C18H23FN4O2/c1-11(14-6-13(19)4-5-17(14)25-3)22-18(24)16-9-20-8-15(16)12-7-21-23(2)10-12/h4-7,10-11,15-16,20H,8-9H2,1-3H3,(H,22,24)/t11?,15-,16+/m1/s1. The molecule has 1 aromatic heterocycles. The van der Waals surface area contributed by atoms with Crippen molar-refractivity contribution >= 4 is 5.91 Å². The number of carbonyl (C=O) groups is 1. The van der Waals surface area contributed by atoms with Crippen LogP contribution in [0.5, 0.6) is 5.75 Å². The van der Waals surface area contributed by atoms with Crippen LogP contribution in [-0.4, -0.2) is 35.9 Å². The van der Waals surface area contributed by atoms with E-state index in [9.17, 15) is 9.18 Å². The van der Waals surface area contributed by atoms with Gasteiger partial charge in [0, 0.05) is 37.8 Å². The van der Waals surface area contributed by atoms with Crippen LogP contribution in [0.2, 0.25) is 0 Å². The van der Waals surface area contributed by atoms with Crippen LogP contribution >= 0.6 is 0 Å². The third kappa shape index (κ3) is 3.66. The molecule has 1 aromatic carbocycles. The SMILES string of the molecule is COc1ccc(F)cc1C(C)NC(=O)[C@H]1CNC[C@@H]1c1cnn(C)c1. The summed E-state index contributed by atoms with van der Waals surface area (Å²) in [5, 5.41) is 10.5. The fourth-order valence-electron chi connectivity index (χ4n) is 3.38. The molecule has 1 aliphatic heterocycles. The Labute approximate surface area is 146 Å². The predicted octanol–water partition coefficient (Wildman–Crippen LogP) is 1.75. The Hall–Kier alpha value is -2.41. The number of ether oxygens (including phenoxy) is 1. The number of nitrogens with one attached hydrogen (secondary N) is 2. The summed E-state index contributed by atoms with van der Waals surface area (Å²) in [6, 6.07) is 3.96. The zero-order valence-electron chi connectivity index (χ0n) is 14.6. The van der Waals surface area contributed by atoms with Crippen LogP contribution < -0.4 is 15.4 Å². The number of benzene rings is 1. The number of rotatable bonds is 5. The Balaban J connectivity index is 1.74. The first kappa shape index (κ1) is 17.4. The molecule has 0 spiro atoms. The quantitative estimate of drug-likeness (QED) is 0.865. The average Bonchev–Trinajstić information content (AvgIpc) is 3.23. The van der Waals surface area contributed by atoms with E-state index in [2.05, 4.69) is 15.7 Å². The molecular formula is C18H23FN4O2. The minimum absolute atomic E-state index is 0.0577. The van der Waals surface area contributed by atoms with Gasteiger partial charge in [0.25, 0.3) is 0 Å². The molecule has 0 aliphatic carbocycles. The van der Waals surface area contributed by atoms with E-state index < -0.39 is 0 Å². The first-order chi connectivity index (χ1) is 12.0. The Morgan fingerprint density at radius 2 is 2.28 bits per heavy atom. The lowest BCUT2D eigenvalue weighted by atomic mass is 9.90. The second-order valence-electron chi connectivity index (χ2n) is 6.44. The number of hydrogen-bond acceptors (Lipinski definition) is 4. The molecule has 25 heavy (non-hydrogen) atoms. The molecule has 2 aromatic rings. The molecule has 6 nitrogen and oxygen atoms in total. The summed E-state index contributed by atoms with van der Waals surface area (Å²) < 4.78 is 20.6. The van der Waals surface area contributed by atoms with Crippen LogP contribution in [0.25, 0.3) is 0 Å². The minimum atomic E-state index is -0.354. The maximum atomic E-state index is 13.6. The fourth-order valence-corrected chi connectivity index (χ4v) is 3.38. The first-order valence-corrected chi connectivity index (χ1v) is 8.32. The minimum Gasteiger partial charge on any atom is -0.496 e. The van der Waals surface area contributed by atoms with Crippen molar-refractivity contribution in [1.29, 1.82) is 0 Å². The summed E-state index contributed by atoms with van der Waals surface area (Å²) in [7, 11) is 3.39. The van der Waals surface area contributed by atoms with Crippen LogP contribution in [0.15, 0.2) is 30.6 Å². The van der Waals surface area contributed by atoms with E-state index in [0.29, 0.717) is 17.9 Å². The smallest absolute Gasteiger partial charge is 0.225 e. The number of aromatic nitrogens is 2. The lowest BCUT2D eigenvalue weighted by Gasteiger charge is -2.22. The first-order valence-electron chi connectivity index (χ1n) is 8.32. The molecule has 1 fully saturated rings. The number of halogens is 1. The maximum absolute atomic E-state index is 13.6. The summed E-state index contributed by atoms with van der Waals surface area (Å²) in [6.07, 6.45) is 3.74. The average molecular weight is 346 g/mol. The number of nitrogens with zero attached hydrogens (tertiary/aromatic N) is 2. The van der Waals surface area contributed by atoms with Crippen molar-refractivity contribution in [2.24, 2.45) is 13.0 Å². The normalized spacial score (nSPS) is 21.1. The van der Waals surface area contributed by atoms with E-state index in [1.165, 1.54) is 19.2 Å². The van der Waals surface area contributed by atoms with E-state index in [1.807, 2.05) is 20.2 Å². The van der Waals surface area contributed by atoms with Crippen LogP contribution in [0.1, 0.15) is 30.0 Å². The predicted molar refractivity (Wildman–Crippen MR) is 91.8 cm³/mol. The zero-order chi connectivity index (χ0) is 18.0. The molecule has 1 unspecified atom stereocenters. The molecule has 2 N–H and O–H groups in total. The van der Waals surface area contributed by atoms with Crippen molar-refractivity contribution in [2.45, 2.75) is 18.9 Å². The number of hydrogen-bond donors (Lipinski definition) is 2. The van der Waals surface area contributed by atoms with Crippen LogP contribution in [0.4, 0.5) is 4.39 Å². The van der Waals surface area contributed by atoms with Gasteiger partial charge in [0.15, 0.2) is 0 Å². The van der Waals surface area contributed by atoms with E-state index >= 15 is 0 Å². The van der Waals surface area contributed by atoms with Gasteiger partial charge in [-0.3, -0.25) is 9.48 Å². The number of methoxy groups -OCH3 is 1. The van der Waals surface area contributed by atoms with Gasteiger partial charge >= 0.3 is 0 Å². The molecule has 0 saturated carbocycles. The highest BCUT2D eigenvalue weighted by molar-refractivity contribution is 5.81. The molecular weight excluding hydrogens is 323 g/mol. The highest BCUT2D eigenvalue weighted by Crippen LogP contribution is 2.30. The third-order valence-electron chi connectivity index (χ3n) is 4.72. The molecule has 1 amide bonds. The molecule has 7 heteroatoms. The monoisotopic (exact) mass is 346 g/mol. The zero-order valence-corrected chi connectivity index (χ0v) is 14.6. The summed E-state index contributed by atoms with van der Waals surface area (Å²) in [5.74, 6) is 0.0365. The summed E-state index contributed by atoms with van der Waals surface area (Å²) in [6.45, 7) is 3.18. The molecule has 0 bridgehead atoms. The van der Waals surface area contributed by atoms with Crippen molar-refractivity contribution in [1.82, 2.24) is 20.4 Å². The topological polar surface area (TPSA) is 68.2 Å². The highest BCUT2D eigenvalue weighted by atomic mass is 19.1. The highest BCUT2D eigenvalue weighted by Gasteiger charge is 2.35. The Morgan fingerprint density at radius 3 is 2.96 bits per heavy atom. The van der Waals surface area contributed by atoms with Gasteiger partial charge in [-0.2, -0.15) is 5.10 Å². The second-order valence-corrected chi connectivity index (χ2v) is 6.44. The van der Waals surface area contributed by atoms with Crippen molar-refractivity contribution in [3.63, 3.8) is 0 Å². The van der Waals surface area contributed by atoms with Crippen molar-refractivity contribution < 1.29 is 13.9 Å². The Morgan fingerprint density at radius 1 is 1.48 bits per heavy atom. The molecule has 134 valence electrons. The van der Waals surface area contributed by atoms with Crippen molar-refractivity contribution in [3.05, 3.63) is 47.5 Å². The van der Waals surface area contributed by atoms with Gasteiger partial charge in [0.05, 0.1) is 25.3 Å². The van der Waals surface area contributed by atoms with Gasteiger partial charge in [-0.25, -0.2) is 4.39 Å². The summed E-state index contributed by atoms with van der Waals surface area (Å²) in [4.78, 5) is 12.8. The van der Waals surface area contributed by atoms with E-state index in [-0.39, 0.29) is 29.6 Å². The van der Waals surface area contributed by atoms with Gasteiger partial charge < -0.3 is 15.4 Å². The van der Waals surface area contributed by atoms with Gasteiger partial charge in [-0.15, -0.1) is 0 Å². The van der Waals surface area contributed by atoms with Gasteiger partial charge in [0.1, 0.15) is 11.6 Å². The van der Waals surface area contributed by atoms with E-state index in [4.69, 9.17) is 4.74 Å². The fraction of sp³-hybridized carbons (Fsp3) is 0.444. The largest absolute Gasteiger partial charge is 0.496 e. The van der Waals surface area contributed by atoms with Crippen LogP contribution in [-0.2, 0) is 11.8 Å². The maximum Gasteiger partial charge on any atom is 0.225 e. The van der Waals surface area contributed by atoms with E-state index in [0.717, 1.165) is 12.1 Å². The lowest BCUT2D eigenvalue weighted by molar-refractivity contribution is -0.125. The molecule has 1 saturated heterocycles. The second kappa shape index (κ2) is 7.23. The molecule has 3 rings (SSSR count). The molecule has 0 radical (unpaired) electrons. The lowest BCUT2D eigenvalue weighted by Crippen LogP contribution is -2.36. The van der Waals surface area contributed by atoms with Gasteiger partial charge in [0.2, 0.25) is 5.91 Å². The summed E-state index contributed by atoms with van der Waals surface area (Å²) in [5.41, 5.74) is 1.67. The molecule has 1 aliphatic rings. The van der Waals surface area contributed by atoms with Gasteiger partial charge in [-0.05, 0) is 30.7 Å². The molecule has 3 atom stereocenters. The Kier molecular flexibility index (Phi) is 5.03. The van der Waals surface area contributed by atoms with E-state index in [1.54, 1.807) is 16.9 Å². The van der Waals surface area contributed by atoms with Crippen LogP contribution in [0.3, 0.4) is 0 Å². The summed E-state index contributed by atoms with van der Waals surface area (Å²) >= 11 is 0. The van der Waals surface area contributed by atoms with Gasteiger partial charge in [-0.1, -0.05) is 0 Å². The van der Waals surface area contributed by atoms with Crippen LogP contribution in [0, 0.1) is 11.7 Å². The molecule has 2 heterocycles.